The van der Waals surface area contributed by atoms with Gasteiger partial charge in [-0.1, -0.05) is 0 Å². The van der Waals surface area contributed by atoms with Gasteiger partial charge in [-0.25, -0.2) is 0 Å². The van der Waals surface area contributed by atoms with Crippen molar-refractivity contribution < 1.29 is 9.84 Å². The van der Waals surface area contributed by atoms with Gasteiger partial charge in [-0.15, -0.1) is 0 Å². The Hall–Kier alpha value is -0.160. The fourth-order valence-electron chi connectivity index (χ4n) is 2.10. The normalized spacial score (nSPS) is 26.6. The molecule has 4 nitrogen and oxygen atoms in total. The summed E-state index contributed by atoms with van der Waals surface area (Å²) >= 11 is 0. The number of rotatable bonds is 5. The molecule has 0 aromatic heterocycles. The van der Waals surface area contributed by atoms with E-state index in [1.807, 2.05) is 7.05 Å². The van der Waals surface area contributed by atoms with Gasteiger partial charge in [0.05, 0.1) is 12.2 Å². The summed E-state index contributed by atoms with van der Waals surface area (Å²) < 4.78 is 5.43. The van der Waals surface area contributed by atoms with E-state index in [-0.39, 0.29) is 0 Å². The first-order valence-corrected chi connectivity index (χ1v) is 5.72. The lowest BCUT2D eigenvalue weighted by Crippen LogP contribution is -2.46. The van der Waals surface area contributed by atoms with Gasteiger partial charge in [0.2, 0.25) is 0 Å². The Bertz CT molecular complexity index is 179. The molecule has 0 aromatic carbocycles. The Balaban J connectivity index is 2.25. The van der Waals surface area contributed by atoms with Gasteiger partial charge in [0.1, 0.15) is 0 Å². The molecule has 2 unspecified atom stereocenters. The zero-order valence-corrected chi connectivity index (χ0v) is 9.91. The monoisotopic (exact) mass is 216 g/mol. The third kappa shape index (κ3) is 4.93. The maximum absolute atomic E-state index is 9.83. The molecule has 0 aliphatic carbocycles. The highest BCUT2D eigenvalue weighted by molar-refractivity contribution is 4.78. The third-order valence-corrected chi connectivity index (χ3v) is 2.87. The smallest absolute Gasteiger partial charge is 0.0867 e. The largest absolute Gasteiger partial charge is 0.388 e. The minimum absolute atomic E-state index is 0.304. The SMILES string of the molecule is CN(CC1CCCOC1)CC(C)(O)CN. The Morgan fingerprint density at radius 1 is 1.60 bits per heavy atom. The second-order valence-corrected chi connectivity index (χ2v) is 4.98. The van der Waals surface area contributed by atoms with Gasteiger partial charge < -0.3 is 20.5 Å². The highest BCUT2D eigenvalue weighted by atomic mass is 16.5. The summed E-state index contributed by atoms with van der Waals surface area (Å²) in [5.41, 5.74) is 4.71. The predicted octanol–water partition coefficient (Wildman–Crippen LogP) is 0.0545. The van der Waals surface area contributed by atoms with Crippen molar-refractivity contribution >= 4 is 0 Å². The molecular weight excluding hydrogens is 192 g/mol. The van der Waals surface area contributed by atoms with Crippen molar-refractivity contribution in [2.24, 2.45) is 11.7 Å². The first-order chi connectivity index (χ1) is 7.03. The average Bonchev–Trinajstić information content (AvgIpc) is 2.18. The van der Waals surface area contributed by atoms with Gasteiger partial charge in [-0.05, 0) is 32.7 Å². The van der Waals surface area contributed by atoms with E-state index in [4.69, 9.17) is 10.5 Å². The number of nitrogens with two attached hydrogens (primary N) is 1. The van der Waals surface area contributed by atoms with Crippen LogP contribution in [-0.4, -0.2) is 55.5 Å². The Labute approximate surface area is 92.4 Å². The topological polar surface area (TPSA) is 58.7 Å². The first kappa shape index (κ1) is 12.9. The molecule has 2 atom stereocenters. The summed E-state index contributed by atoms with van der Waals surface area (Å²) in [6.07, 6.45) is 2.39. The molecule has 0 bridgehead atoms. The van der Waals surface area contributed by atoms with Crippen LogP contribution in [0.5, 0.6) is 0 Å². The summed E-state index contributed by atoms with van der Waals surface area (Å²) in [6.45, 7) is 5.45. The number of ether oxygens (including phenoxy) is 1. The van der Waals surface area contributed by atoms with Crippen LogP contribution in [0.4, 0.5) is 0 Å². The highest BCUT2D eigenvalue weighted by Gasteiger charge is 2.22. The van der Waals surface area contributed by atoms with Crippen LogP contribution in [0.15, 0.2) is 0 Å². The summed E-state index contributed by atoms with van der Waals surface area (Å²) in [7, 11) is 2.03. The van der Waals surface area contributed by atoms with Crippen LogP contribution >= 0.6 is 0 Å². The molecule has 1 aliphatic heterocycles. The second kappa shape index (κ2) is 5.80. The van der Waals surface area contributed by atoms with E-state index in [1.54, 1.807) is 6.92 Å². The van der Waals surface area contributed by atoms with Gasteiger partial charge in [-0.3, -0.25) is 0 Å². The molecule has 4 heteroatoms. The lowest BCUT2D eigenvalue weighted by molar-refractivity contribution is 0.00952. The first-order valence-electron chi connectivity index (χ1n) is 5.72. The highest BCUT2D eigenvalue weighted by Crippen LogP contribution is 2.15. The maximum Gasteiger partial charge on any atom is 0.0867 e. The van der Waals surface area contributed by atoms with Crippen molar-refractivity contribution in [3.8, 4) is 0 Å². The lowest BCUT2D eigenvalue weighted by atomic mass is 10.0. The molecule has 3 N–H and O–H groups in total. The van der Waals surface area contributed by atoms with E-state index in [0.717, 1.165) is 26.2 Å². The van der Waals surface area contributed by atoms with Gasteiger partial charge in [0, 0.05) is 26.2 Å². The van der Waals surface area contributed by atoms with E-state index in [9.17, 15) is 5.11 Å². The third-order valence-electron chi connectivity index (χ3n) is 2.87. The molecule has 1 fully saturated rings. The molecule has 0 saturated carbocycles. The molecule has 1 saturated heterocycles. The van der Waals surface area contributed by atoms with Gasteiger partial charge in [-0.2, -0.15) is 0 Å². The quantitative estimate of drug-likeness (QED) is 0.682. The van der Waals surface area contributed by atoms with Crippen molar-refractivity contribution in [3.63, 3.8) is 0 Å². The van der Waals surface area contributed by atoms with Crippen molar-refractivity contribution in [1.82, 2.24) is 4.90 Å². The van der Waals surface area contributed by atoms with Crippen LogP contribution in [0.3, 0.4) is 0 Å². The van der Waals surface area contributed by atoms with E-state index in [2.05, 4.69) is 4.90 Å². The van der Waals surface area contributed by atoms with E-state index >= 15 is 0 Å². The number of aliphatic hydroxyl groups is 1. The van der Waals surface area contributed by atoms with E-state index in [0.29, 0.717) is 19.0 Å². The molecule has 15 heavy (non-hydrogen) atoms. The minimum Gasteiger partial charge on any atom is -0.388 e. The van der Waals surface area contributed by atoms with Crippen molar-refractivity contribution in [3.05, 3.63) is 0 Å². The van der Waals surface area contributed by atoms with Crippen molar-refractivity contribution in [2.75, 3.05) is 39.9 Å². The van der Waals surface area contributed by atoms with Gasteiger partial charge >= 0.3 is 0 Å². The maximum atomic E-state index is 9.83. The summed E-state index contributed by atoms with van der Waals surface area (Å²) in [6, 6.07) is 0. The Morgan fingerprint density at radius 2 is 2.33 bits per heavy atom. The molecule has 1 rings (SSSR count). The lowest BCUT2D eigenvalue weighted by Gasteiger charge is -2.31. The Kier molecular flexibility index (Phi) is 4.99. The minimum atomic E-state index is -0.774. The van der Waals surface area contributed by atoms with Gasteiger partial charge in [0.25, 0.3) is 0 Å². The van der Waals surface area contributed by atoms with Crippen LogP contribution in [-0.2, 0) is 4.74 Å². The fourth-order valence-corrected chi connectivity index (χ4v) is 2.10. The predicted molar refractivity (Wildman–Crippen MR) is 60.7 cm³/mol. The fraction of sp³-hybridized carbons (Fsp3) is 1.00. The summed E-state index contributed by atoms with van der Waals surface area (Å²) in [5, 5.41) is 9.83. The van der Waals surface area contributed by atoms with Crippen molar-refractivity contribution in [2.45, 2.75) is 25.4 Å². The summed E-state index contributed by atoms with van der Waals surface area (Å²) in [5.74, 6) is 0.609. The zero-order chi connectivity index (χ0) is 11.3. The molecular formula is C11H24N2O2. The van der Waals surface area contributed by atoms with Crippen LogP contribution in [0.25, 0.3) is 0 Å². The molecule has 0 spiro atoms. The molecule has 90 valence electrons. The number of likely N-dealkylation sites (N-methyl/N-ethyl adjacent to an activating group) is 1. The van der Waals surface area contributed by atoms with Crippen LogP contribution in [0, 0.1) is 5.92 Å². The Morgan fingerprint density at radius 3 is 2.87 bits per heavy atom. The van der Waals surface area contributed by atoms with Crippen LogP contribution in [0.2, 0.25) is 0 Å². The molecule has 0 amide bonds. The molecule has 1 heterocycles. The van der Waals surface area contributed by atoms with E-state index in [1.165, 1.54) is 6.42 Å². The molecule has 1 aliphatic rings. The number of nitrogens with zero attached hydrogens (tertiary/aromatic N) is 1. The average molecular weight is 216 g/mol. The van der Waals surface area contributed by atoms with Crippen molar-refractivity contribution in [1.29, 1.82) is 0 Å². The summed E-state index contributed by atoms with van der Waals surface area (Å²) in [4.78, 5) is 2.15. The molecule has 0 radical (unpaired) electrons. The standard InChI is InChI=1S/C11H24N2O2/c1-11(14,8-12)9-13(2)6-10-4-3-5-15-7-10/h10,14H,3-9,12H2,1-2H3. The van der Waals surface area contributed by atoms with Crippen LogP contribution < -0.4 is 5.73 Å². The van der Waals surface area contributed by atoms with E-state index < -0.39 is 5.60 Å². The zero-order valence-electron chi connectivity index (χ0n) is 9.91. The molecule has 0 aromatic rings. The number of hydrogen-bond acceptors (Lipinski definition) is 4. The second-order valence-electron chi connectivity index (χ2n) is 4.98. The van der Waals surface area contributed by atoms with Gasteiger partial charge in [0.15, 0.2) is 0 Å². The number of hydrogen-bond donors (Lipinski definition) is 2. The van der Waals surface area contributed by atoms with Crippen LogP contribution in [0.1, 0.15) is 19.8 Å².